The van der Waals surface area contributed by atoms with E-state index in [0.29, 0.717) is 18.4 Å². The molecule has 0 fully saturated rings. The van der Waals surface area contributed by atoms with Crippen LogP contribution >= 0.6 is 15.6 Å². The first-order chi connectivity index (χ1) is 22.1. The average molecular weight is 710 g/mol. The highest BCUT2D eigenvalue weighted by atomic mass is 31.3. The van der Waals surface area contributed by atoms with Gasteiger partial charge in [0, 0.05) is 11.8 Å². The first-order valence-electron chi connectivity index (χ1n) is 17.3. The van der Waals surface area contributed by atoms with Crippen LogP contribution in [0.25, 0.3) is 0 Å². The summed E-state index contributed by atoms with van der Waals surface area (Å²) in [4.78, 5) is 36.3. The fourth-order valence-electron chi connectivity index (χ4n) is 5.07. The molecule has 0 spiro atoms. The van der Waals surface area contributed by atoms with E-state index in [9.17, 15) is 23.6 Å². The molecule has 1 aromatic rings. The molecule has 1 aliphatic heterocycles. The van der Waals surface area contributed by atoms with Gasteiger partial charge in [-0.25, -0.2) is 13.9 Å². The smallest absolute Gasteiger partial charge is 0.344 e. The van der Waals surface area contributed by atoms with Crippen LogP contribution in [0, 0.1) is 6.92 Å². The predicted molar refractivity (Wildman–Crippen MR) is 185 cm³/mol. The molecule has 0 amide bonds. The van der Waals surface area contributed by atoms with E-state index in [2.05, 4.69) is 11.9 Å². The van der Waals surface area contributed by atoms with Crippen LogP contribution in [0.2, 0.25) is 0 Å². The molecule has 0 saturated carbocycles. The minimum Gasteiger partial charge on any atom is -0.344 e. The summed E-state index contributed by atoms with van der Waals surface area (Å²) in [6, 6.07) is 0. The molecule has 1 aliphatic rings. The van der Waals surface area contributed by atoms with Crippen molar-refractivity contribution in [1.29, 1.82) is 0 Å². The van der Waals surface area contributed by atoms with Crippen molar-refractivity contribution in [2.24, 2.45) is 0 Å². The molecule has 0 radical (unpaired) electrons. The summed E-state index contributed by atoms with van der Waals surface area (Å²) in [7, 11) is -9.24. The lowest BCUT2D eigenvalue weighted by Gasteiger charge is -2.21. The highest BCUT2D eigenvalue weighted by Gasteiger charge is 2.39. The number of H-pyrrole nitrogens is 1. The number of rotatable bonds is 28. The molecule has 2 heterocycles. The third kappa shape index (κ3) is 18.8. The molecular formula is C32H61N3O10P2. The van der Waals surface area contributed by atoms with Crippen molar-refractivity contribution < 1.29 is 36.6 Å². The van der Waals surface area contributed by atoms with E-state index < -0.39 is 45.8 Å². The van der Waals surface area contributed by atoms with Gasteiger partial charge >= 0.3 is 21.3 Å². The number of aromatic amines is 1. The van der Waals surface area contributed by atoms with E-state index >= 15 is 0 Å². The number of hydrogen-bond donors (Lipinski definition) is 3. The van der Waals surface area contributed by atoms with Crippen molar-refractivity contribution in [3.05, 3.63) is 44.8 Å². The Morgan fingerprint density at radius 3 is 1.79 bits per heavy atom. The number of hydrogen-bond acceptors (Lipinski definition) is 10. The molecule has 13 nitrogen and oxygen atoms in total. The lowest BCUT2D eigenvalue weighted by molar-refractivity contribution is -0.0109. The molecule has 0 aliphatic carbocycles. The van der Waals surface area contributed by atoms with Gasteiger partial charge in [0.2, 0.25) is 0 Å². The summed E-state index contributed by atoms with van der Waals surface area (Å²) in [5.74, 6) is 0. The molecule has 1 aromatic heterocycles. The van der Waals surface area contributed by atoms with Crippen molar-refractivity contribution in [2.45, 2.75) is 149 Å². The number of ether oxygens (including phenoxy) is 1. The van der Waals surface area contributed by atoms with Gasteiger partial charge in [0.1, 0.15) is 6.10 Å². The van der Waals surface area contributed by atoms with E-state index in [-0.39, 0.29) is 19.4 Å². The quantitative estimate of drug-likeness (QED) is 0.0428. The van der Waals surface area contributed by atoms with Crippen LogP contribution in [0.15, 0.2) is 27.9 Å². The van der Waals surface area contributed by atoms with E-state index in [4.69, 9.17) is 22.6 Å². The summed E-state index contributed by atoms with van der Waals surface area (Å²) in [6.07, 6.45) is 23.7. The molecule has 0 bridgehead atoms. The minimum atomic E-state index is -4.87. The molecule has 274 valence electrons. The second-order valence-corrected chi connectivity index (χ2v) is 15.3. The maximum absolute atomic E-state index is 13.2. The normalized spacial score (nSPS) is 18.6. The number of nitrogens with zero attached hydrogens (tertiary/aromatic N) is 1. The highest BCUT2D eigenvalue weighted by Crippen LogP contribution is 2.63. The van der Waals surface area contributed by atoms with Gasteiger partial charge in [-0.3, -0.25) is 27.9 Å². The number of phosphoric acid groups is 2. The van der Waals surface area contributed by atoms with Gasteiger partial charge in [0.25, 0.3) is 5.56 Å². The standard InChI is InChI=1S/C32H58N2O10P2.H3N/c1-4-6-8-9-10-11-12-13-14-15-16-17-18-19-20-21-25-41-46(39,40-24-7-5-2)44-45(37,38)42-27-29-22-23-30(43-29)34-26-28(3)31(35)33-32(34)36;/h22-23,26,29-30H,4-21,24-25,27H2,1-3H3,(H,37,38)(H,33,35,36);1H3/t29-,30+,46?;/m0./s1. The van der Waals surface area contributed by atoms with Crippen LogP contribution in [-0.4, -0.2) is 40.4 Å². The van der Waals surface area contributed by atoms with Crippen molar-refractivity contribution in [3.63, 3.8) is 0 Å². The van der Waals surface area contributed by atoms with E-state index in [1.165, 1.54) is 87.8 Å². The monoisotopic (exact) mass is 709 g/mol. The molecule has 15 heteroatoms. The van der Waals surface area contributed by atoms with Crippen LogP contribution in [0.5, 0.6) is 0 Å². The van der Waals surface area contributed by atoms with Gasteiger partial charge in [-0.1, -0.05) is 123 Å². The van der Waals surface area contributed by atoms with Crippen molar-refractivity contribution in [2.75, 3.05) is 19.8 Å². The summed E-state index contributed by atoms with van der Waals surface area (Å²) in [5.41, 5.74) is -0.832. The van der Waals surface area contributed by atoms with Crippen LogP contribution in [0.4, 0.5) is 0 Å². The van der Waals surface area contributed by atoms with Gasteiger partial charge < -0.3 is 15.8 Å². The van der Waals surface area contributed by atoms with E-state index in [0.717, 1.165) is 25.7 Å². The van der Waals surface area contributed by atoms with Crippen molar-refractivity contribution in [3.8, 4) is 0 Å². The Balaban J connectivity index is 0.0000110. The Morgan fingerprint density at radius 1 is 0.766 bits per heavy atom. The third-order valence-electron chi connectivity index (χ3n) is 7.82. The maximum Gasteiger partial charge on any atom is 0.483 e. The van der Waals surface area contributed by atoms with Gasteiger partial charge in [-0.05, 0) is 25.8 Å². The van der Waals surface area contributed by atoms with Gasteiger partial charge in [-0.2, -0.15) is 4.31 Å². The van der Waals surface area contributed by atoms with Crippen molar-refractivity contribution >= 4 is 15.6 Å². The summed E-state index contributed by atoms with van der Waals surface area (Å²) in [6.45, 7) is 5.41. The lowest BCUT2D eigenvalue weighted by Crippen LogP contribution is -2.33. The van der Waals surface area contributed by atoms with Crippen LogP contribution in [-0.2, 0) is 31.7 Å². The molecule has 47 heavy (non-hydrogen) atoms. The third-order valence-corrected chi connectivity index (χ3v) is 10.9. The summed E-state index contributed by atoms with van der Waals surface area (Å²) < 4.78 is 53.5. The number of unbranched alkanes of at least 4 members (excludes halogenated alkanes) is 16. The highest BCUT2D eigenvalue weighted by molar-refractivity contribution is 7.61. The Hall–Kier alpha value is -1.40. The number of phosphoric ester groups is 2. The van der Waals surface area contributed by atoms with Gasteiger partial charge in [0.15, 0.2) is 6.23 Å². The zero-order valence-corrected chi connectivity index (χ0v) is 30.7. The molecule has 2 unspecified atom stereocenters. The Morgan fingerprint density at radius 2 is 1.26 bits per heavy atom. The molecule has 0 aromatic carbocycles. The predicted octanol–water partition coefficient (Wildman–Crippen LogP) is 8.80. The zero-order chi connectivity index (χ0) is 33.7. The topological polar surface area (TPSA) is 190 Å². The minimum absolute atomic E-state index is 0. The number of nitrogens with one attached hydrogen (secondary N) is 1. The molecule has 5 N–H and O–H groups in total. The second kappa shape index (κ2) is 24.7. The lowest BCUT2D eigenvalue weighted by atomic mass is 10.0. The van der Waals surface area contributed by atoms with E-state index in [1.54, 1.807) is 19.1 Å². The van der Waals surface area contributed by atoms with Gasteiger partial charge in [-0.15, -0.1) is 0 Å². The van der Waals surface area contributed by atoms with Crippen LogP contribution < -0.4 is 17.4 Å². The molecule has 4 atom stereocenters. The molecule has 2 rings (SSSR count). The largest absolute Gasteiger partial charge is 0.483 e. The number of aryl methyl sites for hydroxylation is 1. The summed E-state index contributed by atoms with van der Waals surface area (Å²) in [5, 5.41) is 0. The first-order valence-corrected chi connectivity index (χ1v) is 20.3. The maximum atomic E-state index is 13.2. The first kappa shape index (κ1) is 43.6. The molecule has 0 saturated heterocycles. The van der Waals surface area contributed by atoms with Gasteiger partial charge in [0.05, 0.1) is 19.8 Å². The Bertz CT molecular complexity index is 1220. The fraction of sp³-hybridized carbons (Fsp3) is 0.812. The fourth-order valence-corrected chi connectivity index (χ4v) is 7.76. The summed E-state index contributed by atoms with van der Waals surface area (Å²) >= 11 is 0. The SMILES string of the molecule is CCCCCCCCCCCCCCCCCCOP(=O)(OCCCC)OP(=O)(O)OC[C@@H]1C=C[C@H](n2cc(C)c(=O)[nH]c2=O)O1.N. The number of aromatic nitrogens is 2. The second-order valence-electron chi connectivity index (χ2n) is 12.0. The average Bonchev–Trinajstić information content (AvgIpc) is 3.48. The van der Waals surface area contributed by atoms with Crippen molar-refractivity contribution in [1.82, 2.24) is 15.7 Å². The Kier molecular flexibility index (Phi) is 22.9. The Labute approximate surface area is 281 Å². The van der Waals surface area contributed by atoms with E-state index in [1.807, 2.05) is 6.92 Å². The molecular weight excluding hydrogens is 648 g/mol. The zero-order valence-electron chi connectivity index (χ0n) is 28.9. The van der Waals surface area contributed by atoms with Crippen LogP contribution in [0.3, 0.4) is 0 Å². The van der Waals surface area contributed by atoms with Crippen LogP contribution in [0.1, 0.15) is 141 Å².